The van der Waals surface area contributed by atoms with Crippen LogP contribution in [0.4, 0.5) is 0 Å². The molecular formula is C22H44N2O2. The molecule has 0 saturated heterocycles. The quantitative estimate of drug-likeness (QED) is 0.242. The van der Waals surface area contributed by atoms with Crippen LogP contribution in [-0.2, 0) is 4.79 Å². The van der Waals surface area contributed by atoms with Crippen molar-refractivity contribution in [2.24, 2.45) is 0 Å². The van der Waals surface area contributed by atoms with Crippen molar-refractivity contribution in [3.05, 3.63) is 12.7 Å². The second-order valence-electron chi connectivity index (χ2n) is 7.28. The molecule has 154 valence electrons. The number of nitrogens with zero attached hydrogens (tertiary/aromatic N) is 1. The van der Waals surface area contributed by atoms with E-state index in [0.29, 0.717) is 13.0 Å². The Balaban J connectivity index is 3.94. The number of carbonyl (C=O) groups excluding carboxylic acids is 1. The molecule has 0 aromatic rings. The molecule has 4 nitrogen and oxygen atoms in total. The van der Waals surface area contributed by atoms with Gasteiger partial charge in [-0.3, -0.25) is 4.79 Å². The van der Waals surface area contributed by atoms with Gasteiger partial charge < -0.3 is 15.3 Å². The van der Waals surface area contributed by atoms with Gasteiger partial charge in [0, 0.05) is 26.1 Å². The van der Waals surface area contributed by atoms with Crippen molar-refractivity contribution in [3.63, 3.8) is 0 Å². The van der Waals surface area contributed by atoms with Gasteiger partial charge in [0.15, 0.2) is 0 Å². The Hall–Kier alpha value is -0.870. The zero-order valence-corrected chi connectivity index (χ0v) is 17.3. The first-order valence-corrected chi connectivity index (χ1v) is 10.9. The zero-order valence-electron chi connectivity index (χ0n) is 17.3. The number of unbranched alkanes of at least 4 members (excludes halogenated alkanes) is 9. The fourth-order valence-corrected chi connectivity index (χ4v) is 3.10. The number of amides is 1. The van der Waals surface area contributed by atoms with Gasteiger partial charge in [0.2, 0.25) is 5.91 Å². The van der Waals surface area contributed by atoms with Gasteiger partial charge in [-0.25, -0.2) is 0 Å². The lowest BCUT2D eigenvalue weighted by Crippen LogP contribution is -2.36. The maximum atomic E-state index is 11.7. The summed E-state index contributed by atoms with van der Waals surface area (Å²) >= 11 is 0. The van der Waals surface area contributed by atoms with Gasteiger partial charge >= 0.3 is 0 Å². The van der Waals surface area contributed by atoms with Crippen LogP contribution >= 0.6 is 0 Å². The largest absolute Gasteiger partial charge is 0.396 e. The normalized spacial score (nSPS) is 11.0. The number of aliphatic hydroxyl groups is 1. The third-order valence-corrected chi connectivity index (χ3v) is 4.79. The van der Waals surface area contributed by atoms with E-state index < -0.39 is 0 Å². The van der Waals surface area contributed by atoms with Gasteiger partial charge in [-0.1, -0.05) is 64.4 Å². The number of carbonyl (C=O) groups is 1. The standard InChI is InChI=1S/C22H44N2O2/c1-3-5-7-8-10-13-18-24(19-14-11-9-12-15-21-25)20-17-23-22(26)16-6-4-2/h4,25H,2-3,5-21H2,1H3,(H,23,26). The van der Waals surface area contributed by atoms with Gasteiger partial charge in [0.05, 0.1) is 0 Å². The van der Waals surface area contributed by atoms with E-state index in [2.05, 4.69) is 23.7 Å². The monoisotopic (exact) mass is 368 g/mol. The van der Waals surface area contributed by atoms with E-state index in [4.69, 9.17) is 5.11 Å². The van der Waals surface area contributed by atoms with Crippen LogP contribution in [0.2, 0.25) is 0 Å². The summed E-state index contributed by atoms with van der Waals surface area (Å²) in [5, 5.41) is 11.9. The lowest BCUT2D eigenvalue weighted by atomic mass is 10.1. The Labute approximate surface area is 162 Å². The molecule has 26 heavy (non-hydrogen) atoms. The Bertz CT molecular complexity index is 305. The topological polar surface area (TPSA) is 52.6 Å². The maximum absolute atomic E-state index is 11.7. The highest BCUT2D eigenvalue weighted by atomic mass is 16.2. The predicted molar refractivity (Wildman–Crippen MR) is 112 cm³/mol. The lowest BCUT2D eigenvalue weighted by molar-refractivity contribution is -0.121. The minimum Gasteiger partial charge on any atom is -0.396 e. The average molecular weight is 369 g/mol. The molecule has 4 heteroatoms. The molecule has 0 unspecified atom stereocenters. The van der Waals surface area contributed by atoms with Crippen molar-refractivity contribution in [1.29, 1.82) is 0 Å². The molecule has 0 aliphatic rings. The Morgan fingerprint density at radius 1 is 0.923 bits per heavy atom. The second kappa shape index (κ2) is 20.4. The smallest absolute Gasteiger partial charge is 0.220 e. The summed E-state index contributed by atoms with van der Waals surface area (Å²) in [4.78, 5) is 14.2. The summed E-state index contributed by atoms with van der Waals surface area (Å²) in [6.45, 7) is 10.2. The molecule has 2 N–H and O–H groups in total. The van der Waals surface area contributed by atoms with E-state index in [-0.39, 0.29) is 5.91 Å². The minimum absolute atomic E-state index is 0.133. The van der Waals surface area contributed by atoms with E-state index in [0.717, 1.165) is 45.4 Å². The minimum atomic E-state index is 0.133. The SMILES string of the molecule is C=CCCC(=O)NCCN(CCCCCCCC)CCCCCCCO. The fraction of sp³-hybridized carbons (Fsp3) is 0.864. The van der Waals surface area contributed by atoms with E-state index in [1.807, 2.05) is 0 Å². The molecule has 1 amide bonds. The number of hydrogen-bond acceptors (Lipinski definition) is 3. The summed E-state index contributed by atoms with van der Waals surface area (Å²) in [6, 6.07) is 0. The molecule has 0 saturated carbocycles. The third kappa shape index (κ3) is 17.9. The van der Waals surface area contributed by atoms with E-state index in [1.54, 1.807) is 6.08 Å². The highest BCUT2D eigenvalue weighted by Crippen LogP contribution is 2.08. The summed E-state index contributed by atoms with van der Waals surface area (Å²) < 4.78 is 0. The van der Waals surface area contributed by atoms with Crippen molar-refractivity contribution in [2.45, 2.75) is 90.4 Å². The summed E-state index contributed by atoms with van der Waals surface area (Å²) in [5.41, 5.74) is 0. The van der Waals surface area contributed by atoms with E-state index in [1.165, 1.54) is 57.8 Å². The first kappa shape index (κ1) is 25.1. The molecule has 0 aliphatic carbocycles. The molecule has 0 radical (unpaired) electrons. The summed E-state index contributed by atoms with van der Waals surface area (Å²) in [6.07, 6.45) is 16.8. The molecule has 0 aromatic carbocycles. The highest BCUT2D eigenvalue weighted by molar-refractivity contribution is 5.75. The van der Waals surface area contributed by atoms with Crippen molar-refractivity contribution in [2.75, 3.05) is 32.8 Å². The van der Waals surface area contributed by atoms with Gasteiger partial charge in [0.25, 0.3) is 0 Å². The number of aliphatic hydroxyl groups excluding tert-OH is 1. The Morgan fingerprint density at radius 2 is 1.50 bits per heavy atom. The van der Waals surface area contributed by atoms with Crippen molar-refractivity contribution in [3.8, 4) is 0 Å². The van der Waals surface area contributed by atoms with Crippen LogP contribution in [0.5, 0.6) is 0 Å². The predicted octanol–water partition coefficient (Wildman–Crippen LogP) is 4.67. The third-order valence-electron chi connectivity index (χ3n) is 4.79. The summed E-state index contributed by atoms with van der Waals surface area (Å²) in [7, 11) is 0. The van der Waals surface area contributed by atoms with Crippen LogP contribution in [0.1, 0.15) is 90.4 Å². The van der Waals surface area contributed by atoms with Gasteiger partial charge in [-0.15, -0.1) is 6.58 Å². The van der Waals surface area contributed by atoms with Crippen molar-refractivity contribution >= 4 is 5.91 Å². The molecule has 0 fully saturated rings. The van der Waals surface area contributed by atoms with Gasteiger partial charge in [0.1, 0.15) is 0 Å². The van der Waals surface area contributed by atoms with Crippen LogP contribution < -0.4 is 5.32 Å². The van der Waals surface area contributed by atoms with Gasteiger partial charge in [-0.05, 0) is 38.8 Å². The van der Waals surface area contributed by atoms with Crippen LogP contribution in [0.25, 0.3) is 0 Å². The van der Waals surface area contributed by atoms with Crippen molar-refractivity contribution in [1.82, 2.24) is 10.2 Å². The Morgan fingerprint density at radius 3 is 2.08 bits per heavy atom. The highest BCUT2D eigenvalue weighted by Gasteiger charge is 2.06. The van der Waals surface area contributed by atoms with Crippen LogP contribution in [0, 0.1) is 0 Å². The van der Waals surface area contributed by atoms with Crippen LogP contribution in [-0.4, -0.2) is 48.7 Å². The average Bonchev–Trinajstić information content (AvgIpc) is 2.65. The van der Waals surface area contributed by atoms with E-state index in [9.17, 15) is 4.79 Å². The first-order chi connectivity index (χ1) is 12.7. The molecular weight excluding hydrogens is 324 g/mol. The molecule has 0 heterocycles. The van der Waals surface area contributed by atoms with Crippen LogP contribution in [0.15, 0.2) is 12.7 Å². The molecule has 0 rings (SSSR count). The van der Waals surface area contributed by atoms with Crippen molar-refractivity contribution < 1.29 is 9.90 Å². The molecule has 0 aromatic heterocycles. The molecule has 0 spiro atoms. The van der Waals surface area contributed by atoms with E-state index >= 15 is 0 Å². The number of rotatable bonds is 20. The molecule has 0 atom stereocenters. The first-order valence-electron chi connectivity index (χ1n) is 10.9. The second-order valence-corrected chi connectivity index (χ2v) is 7.28. The Kier molecular flexibility index (Phi) is 19.8. The summed E-state index contributed by atoms with van der Waals surface area (Å²) in [5.74, 6) is 0.133. The zero-order chi connectivity index (χ0) is 19.3. The number of nitrogens with one attached hydrogen (secondary N) is 1. The number of allylic oxidation sites excluding steroid dienone is 1. The lowest BCUT2D eigenvalue weighted by Gasteiger charge is -2.22. The molecule has 0 bridgehead atoms. The molecule has 0 aliphatic heterocycles. The van der Waals surface area contributed by atoms with Crippen LogP contribution in [0.3, 0.4) is 0 Å². The van der Waals surface area contributed by atoms with Gasteiger partial charge in [-0.2, -0.15) is 0 Å². The fourth-order valence-electron chi connectivity index (χ4n) is 3.10. The maximum Gasteiger partial charge on any atom is 0.220 e. The number of hydrogen-bond donors (Lipinski definition) is 2.